The Kier molecular flexibility index (Phi) is 8.04. The molecule has 2 amide bonds. The van der Waals surface area contributed by atoms with Gasteiger partial charge in [-0.2, -0.15) is 10.9 Å². The number of thioether (sulfide) groups is 2. The first-order valence-electron chi connectivity index (χ1n) is 11.8. The number of oxime groups is 1. The van der Waals surface area contributed by atoms with Crippen LogP contribution in [0.5, 0.6) is 0 Å². The number of nitrogens with one attached hydrogen (secondary N) is 2. The van der Waals surface area contributed by atoms with Crippen LogP contribution in [0, 0.1) is 5.92 Å². The molecule has 0 unspecified atom stereocenters. The maximum atomic E-state index is 13.1. The molecule has 2 aliphatic heterocycles. The van der Waals surface area contributed by atoms with Crippen LogP contribution in [0.1, 0.15) is 25.0 Å². The fraction of sp³-hybridized carbons (Fsp3) is 0.391. The smallest absolute Gasteiger partial charge is 0.379 e. The van der Waals surface area contributed by atoms with Crippen molar-refractivity contribution >= 4 is 63.5 Å². The number of nitrogens with two attached hydrogens (primary N) is 1. The van der Waals surface area contributed by atoms with Crippen LogP contribution < -0.4 is 21.3 Å². The van der Waals surface area contributed by atoms with E-state index in [0.717, 1.165) is 34.3 Å². The van der Waals surface area contributed by atoms with Crippen molar-refractivity contribution in [1.82, 2.24) is 15.4 Å². The highest BCUT2D eigenvalue weighted by Crippen LogP contribution is 2.41. The molecule has 3 aliphatic rings. The average Bonchev–Trinajstić information content (AvgIpc) is 3.65. The fourth-order valence-corrected chi connectivity index (χ4v) is 6.64. The number of hydrogen-bond donors (Lipinski definition) is 3. The van der Waals surface area contributed by atoms with Gasteiger partial charge in [0.25, 0.3) is 0 Å². The van der Waals surface area contributed by atoms with Crippen LogP contribution in [0.2, 0.25) is 0 Å². The number of nitrogens with zero attached hydrogens (tertiary/aromatic N) is 4. The molecule has 2 aromatic rings. The van der Waals surface area contributed by atoms with Crippen molar-refractivity contribution in [2.75, 3.05) is 36.3 Å². The van der Waals surface area contributed by atoms with Gasteiger partial charge in [-0.15, -0.1) is 34.9 Å². The lowest BCUT2D eigenvalue weighted by molar-refractivity contribution is -0.650. The highest BCUT2D eigenvalue weighted by Gasteiger charge is 2.46. The van der Waals surface area contributed by atoms with Gasteiger partial charge in [-0.3, -0.25) is 14.5 Å². The van der Waals surface area contributed by atoms with Crippen LogP contribution in [-0.2, 0) is 24.1 Å². The molecule has 38 heavy (non-hydrogen) atoms. The Bertz CT molecular complexity index is 1290. The molecule has 0 aromatic carbocycles. The summed E-state index contributed by atoms with van der Waals surface area (Å²) in [5.74, 6) is 0.00174. The summed E-state index contributed by atoms with van der Waals surface area (Å²) in [5.41, 5.74) is 12.0. The van der Waals surface area contributed by atoms with E-state index in [2.05, 4.69) is 21.0 Å². The largest absolute Gasteiger partial charge is 0.398 e. The second kappa shape index (κ2) is 11.6. The van der Waals surface area contributed by atoms with Gasteiger partial charge in [0, 0.05) is 33.9 Å². The lowest BCUT2D eigenvalue weighted by atomic mass is 10.1. The summed E-state index contributed by atoms with van der Waals surface area (Å²) in [4.78, 5) is 54.5. The molecule has 5 rings (SSSR count). The van der Waals surface area contributed by atoms with E-state index in [1.165, 1.54) is 30.2 Å². The summed E-state index contributed by atoms with van der Waals surface area (Å²) >= 11 is 4.29. The molecule has 200 valence electrons. The van der Waals surface area contributed by atoms with Gasteiger partial charge in [0.15, 0.2) is 10.8 Å². The quantitative estimate of drug-likeness (QED) is 0.124. The highest BCUT2D eigenvalue weighted by molar-refractivity contribution is 8.01. The summed E-state index contributed by atoms with van der Waals surface area (Å²) in [6.07, 6.45) is 6.85. The van der Waals surface area contributed by atoms with E-state index in [1.807, 2.05) is 29.2 Å². The van der Waals surface area contributed by atoms with Crippen LogP contribution in [0.15, 0.2) is 51.2 Å². The van der Waals surface area contributed by atoms with Gasteiger partial charge in [-0.05, 0) is 24.3 Å². The monoisotopic (exact) mass is 576 g/mol. The molecule has 12 nitrogen and oxygen atoms in total. The number of pyridine rings is 1. The average molecular weight is 577 g/mol. The Hall–Kier alpha value is -3.30. The molecule has 2 fully saturated rings. The van der Waals surface area contributed by atoms with Gasteiger partial charge < -0.3 is 15.4 Å². The Labute approximate surface area is 230 Å². The summed E-state index contributed by atoms with van der Waals surface area (Å²) in [6, 6.07) is 4.00. The minimum atomic E-state index is -0.841. The summed E-state index contributed by atoms with van der Waals surface area (Å²) in [5, 5.41) is 5.32. The van der Waals surface area contributed by atoms with Gasteiger partial charge in [0.2, 0.25) is 18.3 Å². The van der Waals surface area contributed by atoms with E-state index in [-0.39, 0.29) is 33.5 Å². The molecule has 4 heterocycles. The van der Waals surface area contributed by atoms with E-state index in [0.29, 0.717) is 17.9 Å². The van der Waals surface area contributed by atoms with Crippen molar-refractivity contribution in [3.63, 3.8) is 0 Å². The number of carbonyl (C=O) groups is 3. The zero-order chi connectivity index (χ0) is 26.6. The normalized spacial score (nSPS) is 19.0. The molecule has 1 atom stereocenters. The zero-order valence-electron chi connectivity index (χ0n) is 20.4. The highest BCUT2D eigenvalue weighted by atomic mass is 32.2. The first-order valence-corrected chi connectivity index (χ1v) is 14.7. The topological polar surface area (TPSA) is 152 Å². The Balaban J connectivity index is 1.25. The van der Waals surface area contributed by atoms with Gasteiger partial charge in [-0.25, -0.2) is 9.78 Å². The van der Waals surface area contributed by atoms with Crippen molar-refractivity contribution in [2.45, 2.75) is 29.5 Å². The maximum Gasteiger partial charge on any atom is 0.379 e. The molecule has 2 aromatic heterocycles. The second-order valence-electron chi connectivity index (χ2n) is 8.74. The number of fused-ring (bicyclic) bond motifs is 1. The molecule has 1 aliphatic carbocycles. The third-order valence-electron chi connectivity index (χ3n) is 5.99. The number of anilines is 1. The molecule has 0 bridgehead atoms. The molecule has 15 heteroatoms. The lowest BCUT2D eigenvalue weighted by Crippen LogP contribution is -2.54. The van der Waals surface area contributed by atoms with Gasteiger partial charge in [0.05, 0.1) is 18.3 Å². The van der Waals surface area contributed by atoms with E-state index in [4.69, 9.17) is 15.4 Å². The van der Waals surface area contributed by atoms with Crippen molar-refractivity contribution in [3.05, 3.63) is 46.9 Å². The third kappa shape index (κ3) is 6.05. The number of rotatable bonds is 10. The molecule has 1 saturated carbocycles. The van der Waals surface area contributed by atoms with E-state index < -0.39 is 11.9 Å². The number of aromatic nitrogens is 2. The van der Waals surface area contributed by atoms with E-state index >= 15 is 0 Å². The minimum Gasteiger partial charge on any atom is -0.398 e. The van der Waals surface area contributed by atoms with Gasteiger partial charge >= 0.3 is 11.9 Å². The number of β-lactam (4-membered cyclic amide) rings is 1. The van der Waals surface area contributed by atoms with Crippen LogP contribution in [0.25, 0.3) is 0 Å². The molecule has 0 spiro atoms. The Morgan fingerprint density at radius 2 is 2.13 bits per heavy atom. The van der Waals surface area contributed by atoms with Crippen LogP contribution in [0.4, 0.5) is 5.13 Å². The lowest BCUT2D eigenvalue weighted by Gasteiger charge is -2.44. The second-order valence-corrected chi connectivity index (χ2v) is 11.8. The Morgan fingerprint density at radius 1 is 1.34 bits per heavy atom. The molecular weight excluding hydrogens is 550 g/mol. The van der Waals surface area contributed by atoms with Gasteiger partial charge in [-0.1, -0.05) is 9.83 Å². The number of nitrogen functional groups attached to an aromatic ring is 1. The summed E-state index contributed by atoms with van der Waals surface area (Å²) < 4.78 is 1.94. The van der Waals surface area contributed by atoms with Crippen molar-refractivity contribution in [1.29, 1.82) is 0 Å². The fourth-order valence-electron chi connectivity index (χ4n) is 3.80. The molecule has 4 N–H and O–H groups in total. The number of amides is 2. The number of hydrogen-bond acceptors (Lipinski definition) is 12. The Morgan fingerprint density at radius 3 is 2.79 bits per heavy atom. The third-order valence-corrected chi connectivity index (χ3v) is 9.04. The zero-order valence-corrected chi connectivity index (χ0v) is 22.9. The number of carbonyl (C=O) groups excluding carboxylic acids is 3. The van der Waals surface area contributed by atoms with Crippen LogP contribution in [-0.4, -0.2) is 63.9 Å². The van der Waals surface area contributed by atoms with Crippen molar-refractivity contribution in [3.8, 4) is 0 Å². The predicted octanol–water partition coefficient (Wildman–Crippen LogP) is 1.24. The number of hydroxylamine groups is 1. The minimum absolute atomic E-state index is 0.119. The first-order chi connectivity index (χ1) is 18.4. The standard InChI is InChI=1S/C23H25N7O5S3/c1-34-27-19(16-12-38-23(24)26-16)21(32)28-35-22(33)20-14(11-37-18-8-17(31)30(18)20)10-36-15-4-6-29(7-5-15)25-9-13-2-3-13/h4-7,12-13,18,25H,2-3,8-11H2,1H3,(H2-,24,26,28,32)/p+1/b27-19-/t18-/m0/s1. The molecule has 1 saturated heterocycles. The molecule has 0 radical (unpaired) electrons. The summed E-state index contributed by atoms with van der Waals surface area (Å²) in [7, 11) is 1.27. The van der Waals surface area contributed by atoms with Crippen LogP contribution in [0.3, 0.4) is 0 Å². The van der Waals surface area contributed by atoms with E-state index in [9.17, 15) is 14.4 Å². The maximum absolute atomic E-state index is 13.1. The van der Waals surface area contributed by atoms with Crippen molar-refractivity contribution < 1.29 is 28.7 Å². The summed E-state index contributed by atoms with van der Waals surface area (Å²) in [6.45, 7) is 0.963. The molecular formula is C23H26N7O5S3+. The number of thiazole rings is 1. The SMILES string of the molecule is CO/N=C(\C(=O)NOC(=O)C1=C(CSc2cc[n+](NCC3CC3)cc2)CS[C@H]2CC(=O)N12)c1csc(N)n1. The van der Waals surface area contributed by atoms with Gasteiger partial charge in [0.1, 0.15) is 18.5 Å². The van der Waals surface area contributed by atoms with E-state index in [1.54, 1.807) is 23.5 Å². The van der Waals surface area contributed by atoms with Crippen LogP contribution >= 0.6 is 34.9 Å². The van der Waals surface area contributed by atoms with Crippen molar-refractivity contribution in [2.24, 2.45) is 11.1 Å². The first kappa shape index (κ1) is 26.3. The predicted molar refractivity (Wildman–Crippen MR) is 143 cm³/mol.